The Balaban J connectivity index is 2.31. The zero-order chi connectivity index (χ0) is 16.0. The predicted octanol–water partition coefficient (Wildman–Crippen LogP) is 0.591. The molecule has 0 aromatic rings. The summed E-state index contributed by atoms with van der Waals surface area (Å²) in [6.07, 6.45) is 3.21. The van der Waals surface area contributed by atoms with E-state index in [2.05, 4.69) is 5.32 Å². The molecule has 21 heavy (non-hydrogen) atoms. The molecule has 0 aromatic carbocycles. The van der Waals surface area contributed by atoms with Gasteiger partial charge in [0.2, 0.25) is 11.8 Å². The summed E-state index contributed by atoms with van der Waals surface area (Å²) in [5.41, 5.74) is 5.24. The summed E-state index contributed by atoms with van der Waals surface area (Å²) < 4.78 is 5.30. The van der Waals surface area contributed by atoms with Gasteiger partial charge in [-0.1, -0.05) is 20.8 Å². The summed E-state index contributed by atoms with van der Waals surface area (Å²) >= 11 is 0. The molecule has 4 atom stereocenters. The molecule has 0 aliphatic carbocycles. The zero-order valence-corrected chi connectivity index (χ0v) is 12.9. The summed E-state index contributed by atoms with van der Waals surface area (Å²) in [5.74, 6) is -0.774. The van der Waals surface area contributed by atoms with Gasteiger partial charge in [-0.25, -0.2) is 0 Å². The Morgan fingerprint density at radius 2 is 2.14 bits per heavy atom. The minimum atomic E-state index is -0.541. The average molecular weight is 297 g/mol. The van der Waals surface area contributed by atoms with E-state index in [-0.39, 0.29) is 42.1 Å². The van der Waals surface area contributed by atoms with Gasteiger partial charge in [-0.3, -0.25) is 14.4 Å². The Kier molecular flexibility index (Phi) is 6.81. The van der Waals surface area contributed by atoms with Crippen molar-refractivity contribution in [2.75, 3.05) is 6.61 Å². The molecular formula is C15H25N2O4. The smallest absolute Gasteiger partial charge is 0.224 e. The molecule has 6 nitrogen and oxygen atoms in total. The molecule has 0 bridgehead atoms. The summed E-state index contributed by atoms with van der Waals surface area (Å²) in [6, 6.07) is -0.541. The van der Waals surface area contributed by atoms with Gasteiger partial charge in [0.15, 0.2) is 5.78 Å². The highest BCUT2D eigenvalue weighted by atomic mass is 16.5. The van der Waals surface area contributed by atoms with Crippen molar-refractivity contribution in [1.82, 2.24) is 5.32 Å². The van der Waals surface area contributed by atoms with E-state index in [1.54, 1.807) is 6.92 Å². The lowest BCUT2D eigenvalue weighted by molar-refractivity contribution is -0.124. The number of hydrogen-bond donors (Lipinski definition) is 2. The molecule has 1 fully saturated rings. The van der Waals surface area contributed by atoms with Crippen molar-refractivity contribution in [3.63, 3.8) is 0 Å². The third-order valence-electron chi connectivity index (χ3n) is 4.11. The number of carbonyl (C=O) groups is 3. The van der Waals surface area contributed by atoms with Crippen LogP contribution in [0.15, 0.2) is 0 Å². The third kappa shape index (κ3) is 5.12. The van der Waals surface area contributed by atoms with Crippen LogP contribution in [0.25, 0.3) is 0 Å². The number of rotatable bonds is 8. The molecule has 0 aromatic heterocycles. The summed E-state index contributed by atoms with van der Waals surface area (Å²) in [4.78, 5) is 34.5. The second-order valence-corrected chi connectivity index (χ2v) is 5.66. The first-order valence-electron chi connectivity index (χ1n) is 7.44. The number of carbonyl (C=O) groups excluding carboxylic acids is 3. The minimum absolute atomic E-state index is 0.0661. The van der Waals surface area contributed by atoms with Crippen LogP contribution in [-0.2, 0) is 19.1 Å². The van der Waals surface area contributed by atoms with Gasteiger partial charge in [0, 0.05) is 12.3 Å². The van der Waals surface area contributed by atoms with E-state index in [0.29, 0.717) is 19.3 Å². The van der Waals surface area contributed by atoms with Crippen LogP contribution in [0.4, 0.5) is 0 Å². The molecule has 1 radical (unpaired) electrons. The maximum absolute atomic E-state index is 11.8. The zero-order valence-electron chi connectivity index (χ0n) is 12.9. The molecule has 119 valence electrons. The van der Waals surface area contributed by atoms with Gasteiger partial charge in [0.1, 0.15) is 12.6 Å². The van der Waals surface area contributed by atoms with Gasteiger partial charge < -0.3 is 15.8 Å². The molecule has 1 aliphatic heterocycles. The number of primary amides is 1. The van der Waals surface area contributed by atoms with Crippen LogP contribution in [0.2, 0.25) is 0 Å². The largest absolute Gasteiger partial charge is 0.369 e. The fourth-order valence-corrected chi connectivity index (χ4v) is 2.33. The van der Waals surface area contributed by atoms with Crippen LogP contribution in [0.5, 0.6) is 0 Å². The number of hydrogen-bond acceptors (Lipinski definition) is 4. The Morgan fingerprint density at radius 1 is 1.48 bits per heavy atom. The van der Waals surface area contributed by atoms with E-state index in [0.717, 1.165) is 0 Å². The normalized spacial score (nSPS) is 24.6. The lowest BCUT2D eigenvalue weighted by Gasteiger charge is -2.18. The maximum atomic E-state index is 11.8. The molecule has 0 spiro atoms. The monoisotopic (exact) mass is 297 g/mol. The van der Waals surface area contributed by atoms with Gasteiger partial charge in [0.05, 0.1) is 6.10 Å². The van der Waals surface area contributed by atoms with Gasteiger partial charge in [-0.15, -0.1) is 0 Å². The second kappa shape index (κ2) is 8.12. The lowest BCUT2D eigenvalue weighted by Crippen LogP contribution is -2.44. The van der Waals surface area contributed by atoms with Crippen LogP contribution < -0.4 is 11.1 Å². The van der Waals surface area contributed by atoms with E-state index in [1.807, 2.05) is 13.8 Å². The molecule has 1 heterocycles. The highest BCUT2D eigenvalue weighted by Gasteiger charge is 2.35. The SMILES string of the molecule is CCC1OCC(=O)C1NC(=O)[CH]CCC(C)C(C)C(N)=O. The molecule has 1 saturated heterocycles. The maximum Gasteiger partial charge on any atom is 0.224 e. The fraction of sp³-hybridized carbons (Fsp3) is 0.733. The molecule has 0 saturated carbocycles. The van der Waals surface area contributed by atoms with E-state index >= 15 is 0 Å². The highest BCUT2D eigenvalue weighted by Crippen LogP contribution is 2.18. The summed E-state index contributed by atoms with van der Waals surface area (Å²) in [7, 11) is 0. The van der Waals surface area contributed by atoms with Crippen LogP contribution in [0.3, 0.4) is 0 Å². The Labute approximate surface area is 125 Å². The first kappa shape index (κ1) is 17.6. The first-order valence-corrected chi connectivity index (χ1v) is 7.44. The van der Waals surface area contributed by atoms with Crippen LogP contribution in [0.1, 0.15) is 40.0 Å². The van der Waals surface area contributed by atoms with E-state index in [1.165, 1.54) is 6.42 Å². The number of Topliss-reactive ketones (excluding diaryl/α,β-unsaturated/α-hetero) is 1. The lowest BCUT2D eigenvalue weighted by atomic mass is 9.90. The van der Waals surface area contributed by atoms with Crippen molar-refractivity contribution in [3.8, 4) is 0 Å². The second-order valence-electron chi connectivity index (χ2n) is 5.66. The summed E-state index contributed by atoms with van der Waals surface area (Å²) in [6.45, 7) is 5.70. The van der Waals surface area contributed by atoms with Crippen molar-refractivity contribution in [2.45, 2.75) is 52.2 Å². The number of ether oxygens (including phenoxy) is 1. The van der Waals surface area contributed by atoms with E-state index < -0.39 is 6.04 Å². The Morgan fingerprint density at radius 3 is 2.71 bits per heavy atom. The molecular weight excluding hydrogens is 272 g/mol. The molecule has 1 aliphatic rings. The van der Waals surface area contributed by atoms with Crippen molar-refractivity contribution in [1.29, 1.82) is 0 Å². The van der Waals surface area contributed by atoms with Crippen LogP contribution in [-0.4, -0.2) is 36.4 Å². The highest BCUT2D eigenvalue weighted by molar-refractivity contribution is 5.94. The molecule has 1 rings (SSSR count). The Bertz CT molecular complexity index is 397. The van der Waals surface area contributed by atoms with Crippen LogP contribution >= 0.6 is 0 Å². The standard InChI is InChI=1S/C15H25N2O4/c1-4-12-14(11(18)8-21-12)17-13(19)7-5-6-9(2)10(3)15(16)20/h7,9-10,12,14H,4-6,8H2,1-3H3,(H2,16,20)(H,17,19). The quantitative estimate of drug-likeness (QED) is 0.685. The van der Waals surface area contributed by atoms with E-state index in [9.17, 15) is 14.4 Å². The molecule has 4 unspecified atom stereocenters. The fourth-order valence-electron chi connectivity index (χ4n) is 2.33. The van der Waals surface area contributed by atoms with Crippen molar-refractivity contribution >= 4 is 17.6 Å². The van der Waals surface area contributed by atoms with Gasteiger partial charge in [0.25, 0.3) is 0 Å². The van der Waals surface area contributed by atoms with Crippen LogP contribution in [0, 0.1) is 18.3 Å². The topological polar surface area (TPSA) is 98.5 Å². The number of amides is 2. The number of ketones is 1. The van der Waals surface area contributed by atoms with Gasteiger partial charge in [-0.2, -0.15) is 0 Å². The van der Waals surface area contributed by atoms with Crippen molar-refractivity contribution in [3.05, 3.63) is 6.42 Å². The summed E-state index contributed by atoms with van der Waals surface area (Å²) in [5, 5.41) is 2.69. The van der Waals surface area contributed by atoms with Gasteiger partial charge in [-0.05, 0) is 25.2 Å². The first-order chi connectivity index (χ1) is 9.86. The van der Waals surface area contributed by atoms with Crippen molar-refractivity contribution in [2.24, 2.45) is 17.6 Å². The average Bonchev–Trinajstić information content (AvgIpc) is 2.78. The number of nitrogens with two attached hydrogens (primary N) is 1. The van der Waals surface area contributed by atoms with Gasteiger partial charge >= 0.3 is 0 Å². The minimum Gasteiger partial charge on any atom is -0.369 e. The third-order valence-corrected chi connectivity index (χ3v) is 4.11. The van der Waals surface area contributed by atoms with E-state index in [4.69, 9.17) is 10.5 Å². The Hall–Kier alpha value is -1.43. The molecule has 2 amide bonds. The molecule has 6 heteroatoms. The number of nitrogens with one attached hydrogen (secondary N) is 1. The predicted molar refractivity (Wildman–Crippen MR) is 78.0 cm³/mol. The van der Waals surface area contributed by atoms with Crippen molar-refractivity contribution < 1.29 is 19.1 Å². The molecule has 3 N–H and O–H groups in total.